The minimum atomic E-state index is -0.737. The fourth-order valence-corrected chi connectivity index (χ4v) is 4.60. The third-order valence-electron chi connectivity index (χ3n) is 6.04. The van der Waals surface area contributed by atoms with Crippen LogP contribution in [0.5, 0.6) is 0 Å². The van der Waals surface area contributed by atoms with Crippen LogP contribution >= 0.6 is 0 Å². The van der Waals surface area contributed by atoms with Gasteiger partial charge in [0.25, 0.3) is 0 Å². The van der Waals surface area contributed by atoms with Crippen LogP contribution in [0.3, 0.4) is 0 Å². The minimum absolute atomic E-state index is 0.00190. The number of rotatable bonds is 4. The van der Waals surface area contributed by atoms with E-state index in [1.165, 1.54) is 32.1 Å². The number of ether oxygens (including phenoxy) is 1. The molecule has 0 bridgehead atoms. The molecule has 1 saturated carbocycles. The van der Waals surface area contributed by atoms with Gasteiger partial charge in [-0.1, -0.05) is 32.1 Å². The highest BCUT2D eigenvalue weighted by atomic mass is 16.5. The summed E-state index contributed by atoms with van der Waals surface area (Å²) in [6, 6.07) is 0.291. The van der Waals surface area contributed by atoms with E-state index in [9.17, 15) is 14.7 Å². The van der Waals surface area contributed by atoms with Gasteiger partial charge < -0.3 is 15.2 Å². The Labute approximate surface area is 143 Å². The Bertz CT molecular complexity index is 462. The van der Waals surface area contributed by atoms with Gasteiger partial charge >= 0.3 is 5.97 Å². The van der Waals surface area contributed by atoms with Gasteiger partial charge in [0.15, 0.2) is 0 Å². The summed E-state index contributed by atoms with van der Waals surface area (Å²) in [5.74, 6) is -0.697. The monoisotopic (exact) mass is 338 g/mol. The third kappa shape index (κ3) is 3.91. The summed E-state index contributed by atoms with van der Waals surface area (Å²) in [7, 11) is 0. The van der Waals surface area contributed by atoms with Crippen molar-refractivity contribution in [2.75, 3.05) is 32.8 Å². The Balaban J connectivity index is 1.52. The smallest absolute Gasteiger partial charge is 0.311 e. The van der Waals surface area contributed by atoms with Gasteiger partial charge in [0.2, 0.25) is 5.91 Å². The molecule has 3 aliphatic rings. The molecule has 24 heavy (non-hydrogen) atoms. The standard InChI is InChI=1S/C18H30N2O4/c21-16(19-15-6-4-2-1-3-5-7-15)11-20-10-14-12-24-9-8-18(14,13-20)17(22)23/h14-15H,1-13H2,(H,19,21)(H,22,23)/t14-,18+/m1/s1. The number of carbonyl (C=O) groups is 2. The lowest BCUT2D eigenvalue weighted by Crippen LogP contribution is -2.45. The van der Waals surface area contributed by atoms with Crippen LogP contribution < -0.4 is 5.32 Å². The van der Waals surface area contributed by atoms with Crippen molar-refractivity contribution in [3.05, 3.63) is 0 Å². The second kappa shape index (κ2) is 7.83. The molecule has 2 heterocycles. The molecule has 0 spiro atoms. The lowest BCUT2D eigenvalue weighted by molar-refractivity contribution is -0.157. The van der Waals surface area contributed by atoms with Crippen LogP contribution in [0.25, 0.3) is 0 Å². The van der Waals surface area contributed by atoms with Crippen molar-refractivity contribution in [3.8, 4) is 0 Å². The zero-order chi connectivity index (χ0) is 17.0. The SMILES string of the molecule is O=C(CN1C[C@@H]2COCC[C@]2(C(=O)O)C1)NC1CCCCCCC1. The molecule has 2 aliphatic heterocycles. The first-order chi connectivity index (χ1) is 11.6. The first-order valence-electron chi connectivity index (χ1n) is 9.43. The fourth-order valence-electron chi connectivity index (χ4n) is 4.60. The highest BCUT2D eigenvalue weighted by Crippen LogP contribution is 2.42. The number of amides is 1. The summed E-state index contributed by atoms with van der Waals surface area (Å²) < 4.78 is 5.47. The van der Waals surface area contributed by atoms with Crippen molar-refractivity contribution in [3.63, 3.8) is 0 Å². The summed E-state index contributed by atoms with van der Waals surface area (Å²) in [5, 5.41) is 12.9. The molecule has 2 saturated heterocycles. The average molecular weight is 338 g/mol. The number of likely N-dealkylation sites (tertiary alicyclic amines) is 1. The normalized spacial score (nSPS) is 32.6. The molecule has 6 nitrogen and oxygen atoms in total. The summed E-state index contributed by atoms with van der Waals surface area (Å²) in [5.41, 5.74) is -0.723. The van der Waals surface area contributed by atoms with Crippen LogP contribution in [-0.2, 0) is 14.3 Å². The molecular weight excluding hydrogens is 308 g/mol. The van der Waals surface area contributed by atoms with Crippen LogP contribution in [0.15, 0.2) is 0 Å². The maximum atomic E-state index is 12.4. The second-order valence-corrected chi connectivity index (χ2v) is 7.76. The average Bonchev–Trinajstić information content (AvgIpc) is 2.89. The van der Waals surface area contributed by atoms with Gasteiger partial charge in [0.1, 0.15) is 0 Å². The molecule has 1 amide bonds. The first kappa shape index (κ1) is 17.7. The number of carboxylic acids is 1. The highest BCUT2D eigenvalue weighted by Gasteiger charge is 2.53. The summed E-state index contributed by atoms with van der Waals surface area (Å²) in [6.45, 7) is 2.42. The Morgan fingerprint density at radius 3 is 2.54 bits per heavy atom. The molecule has 6 heteroatoms. The van der Waals surface area contributed by atoms with Crippen molar-refractivity contribution < 1.29 is 19.4 Å². The van der Waals surface area contributed by atoms with Gasteiger partial charge in [0.05, 0.1) is 18.6 Å². The van der Waals surface area contributed by atoms with E-state index in [1.54, 1.807) is 0 Å². The van der Waals surface area contributed by atoms with E-state index in [2.05, 4.69) is 5.32 Å². The lowest BCUT2D eigenvalue weighted by atomic mass is 9.74. The molecule has 0 aromatic rings. The molecular formula is C18H30N2O4. The molecule has 2 N–H and O–H groups in total. The third-order valence-corrected chi connectivity index (χ3v) is 6.04. The molecule has 0 aromatic carbocycles. The number of hydrogen-bond acceptors (Lipinski definition) is 4. The minimum Gasteiger partial charge on any atom is -0.481 e. The number of fused-ring (bicyclic) bond motifs is 1. The van der Waals surface area contributed by atoms with Gasteiger partial charge in [-0.2, -0.15) is 0 Å². The van der Waals surface area contributed by atoms with Crippen molar-refractivity contribution in [2.45, 2.75) is 57.4 Å². The number of nitrogens with one attached hydrogen (secondary N) is 1. The molecule has 0 aromatic heterocycles. The van der Waals surface area contributed by atoms with Crippen LogP contribution in [-0.4, -0.2) is 60.8 Å². The molecule has 1 aliphatic carbocycles. The van der Waals surface area contributed by atoms with Gasteiger partial charge in [-0.05, 0) is 19.3 Å². The highest BCUT2D eigenvalue weighted by molar-refractivity contribution is 5.79. The Morgan fingerprint density at radius 1 is 1.17 bits per heavy atom. The van der Waals surface area contributed by atoms with Gasteiger partial charge in [-0.15, -0.1) is 0 Å². The van der Waals surface area contributed by atoms with Crippen molar-refractivity contribution in [2.24, 2.45) is 11.3 Å². The molecule has 2 atom stereocenters. The molecule has 3 fully saturated rings. The number of carbonyl (C=O) groups excluding carboxylic acids is 1. The van der Waals surface area contributed by atoms with Gasteiger partial charge in [-0.25, -0.2) is 0 Å². The van der Waals surface area contributed by atoms with Gasteiger partial charge in [-0.3, -0.25) is 14.5 Å². The number of nitrogens with zero attached hydrogens (tertiary/aromatic N) is 1. The predicted molar refractivity (Wildman–Crippen MR) is 89.7 cm³/mol. The van der Waals surface area contributed by atoms with E-state index in [1.807, 2.05) is 4.90 Å². The lowest BCUT2D eigenvalue weighted by Gasteiger charge is -2.34. The van der Waals surface area contributed by atoms with Gasteiger partial charge in [0, 0.05) is 31.7 Å². The van der Waals surface area contributed by atoms with Crippen molar-refractivity contribution in [1.82, 2.24) is 10.2 Å². The Morgan fingerprint density at radius 2 is 1.88 bits per heavy atom. The van der Waals surface area contributed by atoms with E-state index >= 15 is 0 Å². The molecule has 0 unspecified atom stereocenters. The summed E-state index contributed by atoms with van der Waals surface area (Å²) in [4.78, 5) is 26.2. The quantitative estimate of drug-likeness (QED) is 0.815. The van der Waals surface area contributed by atoms with E-state index < -0.39 is 11.4 Å². The topological polar surface area (TPSA) is 78.9 Å². The zero-order valence-electron chi connectivity index (χ0n) is 14.5. The van der Waals surface area contributed by atoms with Crippen LogP contribution in [0, 0.1) is 11.3 Å². The largest absolute Gasteiger partial charge is 0.481 e. The van der Waals surface area contributed by atoms with Crippen LogP contribution in [0.1, 0.15) is 51.4 Å². The number of aliphatic carboxylic acids is 1. The first-order valence-corrected chi connectivity index (χ1v) is 9.43. The maximum Gasteiger partial charge on any atom is 0.311 e. The molecule has 3 rings (SSSR count). The Kier molecular flexibility index (Phi) is 5.76. The summed E-state index contributed by atoms with van der Waals surface area (Å²) in [6.07, 6.45) is 8.92. The van der Waals surface area contributed by atoms with Crippen molar-refractivity contribution in [1.29, 1.82) is 0 Å². The maximum absolute atomic E-state index is 12.4. The number of carboxylic acid groups (broad SMARTS) is 1. The number of hydrogen-bond donors (Lipinski definition) is 2. The molecule has 0 radical (unpaired) electrons. The Hall–Kier alpha value is -1.14. The van der Waals surface area contributed by atoms with E-state index in [-0.39, 0.29) is 11.8 Å². The second-order valence-electron chi connectivity index (χ2n) is 7.76. The van der Waals surface area contributed by atoms with E-state index in [0.29, 0.717) is 45.3 Å². The zero-order valence-corrected chi connectivity index (χ0v) is 14.5. The van der Waals surface area contributed by atoms with E-state index in [4.69, 9.17) is 4.74 Å². The van der Waals surface area contributed by atoms with E-state index in [0.717, 1.165) is 12.8 Å². The van der Waals surface area contributed by atoms with Crippen molar-refractivity contribution >= 4 is 11.9 Å². The van der Waals surface area contributed by atoms with Crippen LogP contribution in [0.2, 0.25) is 0 Å². The molecule has 136 valence electrons. The van der Waals surface area contributed by atoms with Crippen LogP contribution in [0.4, 0.5) is 0 Å². The summed E-state index contributed by atoms with van der Waals surface area (Å²) >= 11 is 0. The predicted octanol–water partition coefficient (Wildman–Crippen LogP) is 1.64. The fraction of sp³-hybridized carbons (Fsp3) is 0.889.